The van der Waals surface area contributed by atoms with E-state index in [0.717, 1.165) is 44.5 Å². The van der Waals surface area contributed by atoms with Crippen molar-refractivity contribution in [2.24, 2.45) is 29.6 Å². The fourth-order valence-corrected chi connectivity index (χ4v) is 10.3. The van der Waals surface area contributed by atoms with E-state index in [1.807, 2.05) is 25.1 Å². The number of aromatic nitrogens is 1. The zero-order valence-corrected chi connectivity index (χ0v) is 21.1. The number of nitrogens with zero attached hydrogens (tertiary/aromatic N) is 1. The quantitative estimate of drug-likeness (QED) is 0.438. The molecule has 1 saturated heterocycles. The van der Waals surface area contributed by atoms with Crippen molar-refractivity contribution in [1.82, 2.24) is 4.98 Å². The number of alkyl halides is 3. The number of thiazole rings is 1. The minimum atomic E-state index is -4.57. The zero-order valence-electron chi connectivity index (χ0n) is 19.5. The second-order valence-electron chi connectivity index (χ2n) is 10.4. The number of halogens is 3. The maximum Gasteiger partial charge on any atom is 0.416 e. The lowest BCUT2D eigenvalue weighted by atomic mass is 9.67. The third-order valence-electron chi connectivity index (χ3n) is 8.68. The molecule has 3 heterocycles. The van der Waals surface area contributed by atoms with E-state index in [-0.39, 0.29) is 39.5 Å². The molecule has 10 heteroatoms. The van der Waals surface area contributed by atoms with Crippen LogP contribution in [-0.4, -0.2) is 22.0 Å². The van der Waals surface area contributed by atoms with E-state index in [1.165, 1.54) is 23.5 Å². The van der Waals surface area contributed by atoms with Crippen molar-refractivity contribution >= 4 is 40.6 Å². The summed E-state index contributed by atoms with van der Waals surface area (Å²) in [6.45, 7) is 2.04. The molecule has 0 radical (unpaired) electrons. The molecule has 2 bridgehead atoms. The van der Waals surface area contributed by atoms with Crippen molar-refractivity contribution in [2.45, 2.75) is 35.7 Å². The highest BCUT2D eigenvalue weighted by Gasteiger charge is 2.69. The molecule has 2 aliphatic carbocycles. The first-order chi connectivity index (χ1) is 17.6. The van der Waals surface area contributed by atoms with Crippen LogP contribution in [0.25, 0.3) is 0 Å². The fourth-order valence-electron chi connectivity index (χ4n) is 7.38. The molecule has 7 atom stereocenters. The maximum atomic E-state index is 13.7. The predicted octanol–water partition coefficient (Wildman–Crippen LogP) is 5.44. The van der Waals surface area contributed by atoms with E-state index in [2.05, 4.69) is 11.1 Å². The summed E-state index contributed by atoms with van der Waals surface area (Å²) in [6, 6.07) is 12.5. The Hall–Kier alpha value is -2.85. The molecule has 1 aromatic heterocycles. The van der Waals surface area contributed by atoms with Gasteiger partial charge in [-0.1, -0.05) is 41.7 Å². The van der Waals surface area contributed by atoms with E-state index in [1.54, 1.807) is 11.8 Å². The number of hydrogen-bond donors (Lipinski definition) is 1. The summed E-state index contributed by atoms with van der Waals surface area (Å²) in [7, 11) is 0. The van der Waals surface area contributed by atoms with Crippen LogP contribution in [0.4, 0.5) is 18.9 Å². The summed E-state index contributed by atoms with van der Waals surface area (Å²) >= 11 is 2.80. The average Bonchev–Trinajstić information content (AvgIpc) is 3.58. The standard InChI is InChI=1S/C27H21F3N2O3S2/c1-11-5-2-3-8-14(11)17-18-15-10-16(21(18)36-23-22(17)37-26(35)31-23)20-19(15)24(33)32(25(20)34)13-7-4-6-12(9-13)27(28,29)30/h2-9,15-21H,10H2,1H3,(H,31,35)/t15-,16+,17+,18-,19+,20+,21-/m0/s1. The average molecular weight is 543 g/mol. The molecule has 190 valence electrons. The molecule has 37 heavy (non-hydrogen) atoms. The van der Waals surface area contributed by atoms with Gasteiger partial charge in [0, 0.05) is 16.0 Å². The monoisotopic (exact) mass is 542 g/mol. The molecule has 2 aromatic carbocycles. The molecule has 0 spiro atoms. The second-order valence-corrected chi connectivity index (χ2v) is 12.6. The van der Waals surface area contributed by atoms with Gasteiger partial charge in [0.2, 0.25) is 11.8 Å². The number of nitrogens with one attached hydrogen (secondary N) is 1. The summed E-state index contributed by atoms with van der Waals surface area (Å²) in [5.74, 6) is -2.11. The summed E-state index contributed by atoms with van der Waals surface area (Å²) < 4.78 is 40.1. The maximum absolute atomic E-state index is 13.7. The smallest absolute Gasteiger partial charge is 0.307 e. The predicted molar refractivity (Wildman–Crippen MR) is 134 cm³/mol. The van der Waals surface area contributed by atoms with Crippen LogP contribution < -0.4 is 9.77 Å². The normalized spacial score (nSPS) is 32.0. The summed E-state index contributed by atoms with van der Waals surface area (Å²) in [5, 5.41) is 0.868. The third kappa shape index (κ3) is 3.21. The second kappa shape index (κ2) is 7.83. The topological polar surface area (TPSA) is 70.2 Å². The molecule has 3 aromatic rings. The Balaban J connectivity index is 1.31. The van der Waals surface area contributed by atoms with Gasteiger partial charge in [0.15, 0.2) is 0 Å². The Bertz CT molecular complexity index is 1530. The zero-order chi connectivity index (χ0) is 25.8. The molecule has 7 rings (SSSR count). The molecule has 4 aliphatic rings. The van der Waals surface area contributed by atoms with Crippen molar-refractivity contribution in [1.29, 1.82) is 0 Å². The molecule has 2 aliphatic heterocycles. The van der Waals surface area contributed by atoms with Crippen LogP contribution in [-0.2, 0) is 15.8 Å². The molecular formula is C27H21F3N2O3S2. The Morgan fingerprint density at radius 3 is 2.43 bits per heavy atom. The molecular weight excluding hydrogens is 521 g/mol. The van der Waals surface area contributed by atoms with Gasteiger partial charge < -0.3 is 4.98 Å². The largest absolute Gasteiger partial charge is 0.416 e. The van der Waals surface area contributed by atoms with Crippen molar-refractivity contribution < 1.29 is 22.8 Å². The highest BCUT2D eigenvalue weighted by molar-refractivity contribution is 8.00. The van der Waals surface area contributed by atoms with Gasteiger partial charge in [-0.15, -0.1) is 11.8 Å². The van der Waals surface area contributed by atoms with Gasteiger partial charge in [0.25, 0.3) is 0 Å². The van der Waals surface area contributed by atoms with Crippen LogP contribution in [0.2, 0.25) is 0 Å². The minimum absolute atomic E-state index is 0.0202. The van der Waals surface area contributed by atoms with E-state index in [9.17, 15) is 27.6 Å². The molecule has 2 amide bonds. The molecule has 5 nitrogen and oxygen atoms in total. The van der Waals surface area contributed by atoms with Gasteiger partial charge in [0.05, 0.1) is 28.1 Å². The van der Waals surface area contributed by atoms with Crippen LogP contribution in [0.1, 0.15) is 33.9 Å². The Morgan fingerprint density at radius 1 is 0.973 bits per heavy atom. The van der Waals surface area contributed by atoms with E-state index < -0.39 is 35.4 Å². The van der Waals surface area contributed by atoms with Crippen molar-refractivity contribution in [2.75, 3.05) is 4.90 Å². The van der Waals surface area contributed by atoms with Crippen molar-refractivity contribution in [3.05, 3.63) is 79.8 Å². The number of aromatic amines is 1. The molecule has 3 fully saturated rings. The number of hydrogen-bond acceptors (Lipinski definition) is 5. The fraction of sp³-hybridized carbons (Fsp3) is 0.370. The summed E-state index contributed by atoms with van der Waals surface area (Å²) in [5.41, 5.74) is 1.31. The van der Waals surface area contributed by atoms with Crippen molar-refractivity contribution in [3.63, 3.8) is 0 Å². The number of imide groups is 1. The number of carbonyl (C=O) groups is 2. The summed E-state index contributed by atoms with van der Waals surface area (Å²) in [4.78, 5) is 44.6. The Morgan fingerprint density at radius 2 is 1.70 bits per heavy atom. The van der Waals surface area contributed by atoms with Gasteiger partial charge in [-0.05, 0) is 60.4 Å². The van der Waals surface area contributed by atoms with Crippen LogP contribution >= 0.6 is 23.1 Å². The number of thioether (sulfide) groups is 1. The summed E-state index contributed by atoms with van der Waals surface area (Å²) in [6.07, 6.45) is -3.84. The molecule has 0 unspecified atom stereocenters. The minimum Gasteiger partial charge on any atom is -0.307 e. The number of carbonyl (C=O) groups excluding carboxylic acids is 2. The van der Waals surface area contributed by atoms with E-state index in [0.29, 0.717) is 0 Å². The van der Waals surface area contributed by atoms with Gasteiger partial charge in [-0.3, -0.25) is 19.3 Å². The lowest BCUT2D eigenvalue weighted by Crippen LogP contribution is -2.42. The Labute approximate surface area is 218 Å². The number of rotatable bonds is 2. The number of aryl methyl sites for hydroxylation is 1. The number of anilines is 1. The number of H-pyrrole nitrogens is 1. The third-order valence-corrected chi connectivity index (χ3v) is 11.3. The highest BCUT2D eigenvalue weighted by Crippen LogP contribution is 2.68. The molecule has 2 saturated carbocycles. The Kier molecular flexibility index (Phi) is 4.93. The lowest BCUT2D eigenvalue weighted by Gasteiger charge is -2.43. The van der Waals surface area contributed by atoms with E-state index >= 15 is 0 Å². The number of fused-ring (bicyclic) bond motifs is 9. The van der Waals surface area contributed by atoms with E-state index in [4.69, 9.17) is 0 Å². The highest BCUT2D eigenvalue weighted by atomic mass is 32.2. The number of benzene rings is 2. The van der Waals surface area contributed by atoms with Gasteiger partial charge in [-0.25, -0.2) is 0 Å². The first-order valence-corrected chi connectivity index (χ1v) is 13.8. The first kappa shape index (κ1) is 23.3. The van der Waals surface area contributed by atoms with Crippen LogP contribution in [0, 0.1) is 36.5 Å². The van der Waals surface area contributed by atoms with Gasteiger partial charge >= 0.3 is 11.0 Å². The molecule has 1 N–H and O–H groups in total. The van der Waals surface area contributed by atoms with Crippen LogP contribution in [0.5, 0.6) is 0 Å². The first-order valence-electron chi connectivity index (χ1n) is 12.2. The SMILES string of the molecule is Cc1ccccc1[C@H]1c2sc(=O)[nH]c2S[C@H]2[C@@H]3C[C@H]([C@H]4C(=O)N(c5cccc(C(F)(F)F)c5)C(=O)[C@H]34)[C@@H]12. The van der Waals surface area contributed by atoms with Crippen LogP contribution in [0.15, 0.2) is 58.4 Å². The van der Waals surface area contributed by atoms with Gasteiger partial charge in [0.1, 0.15) is 0 Å². The van der Waals surface area contributed by atoms with Gasteiger partial charge in [-0.2, -0.15) is 13.2 Å². The number of amides is 2. The van der Waals surface area contributed by atoms with Crippen LogP contribution in [0.3, 0.4) is 0 Å². The van der Waals surface area contributed by atoms with Crippen molar-refractivity contribution in [3.8, 4) is 0 Å². The lowest BCUT2D eigenvalue weighted by molar-refractivity contribution is -0.137.